The molecule has 0 spiro atoms. The molecule has 3 rings (SSSR count). The summed E-state index contributed by atoms with van der Waals surface area (Å²) in [6.45, 7) is 2.01. The van der Waals surface area contributed by atoms with Gasteiger partial charge in [-0.1, -0.05) is 12.1 Å². The van der Waals surface area contributed by atoms with E-state index < -0.39 is 0 Å². The highest BCUT2D eigenvalue weighted by atomic mass is 16.5. The summed E-state index contributed by atoms with van der Waals surface area (Å²) in [5.74, 6) is 1.66. The molecule has 19 heavy (non-hydrogen) atoms. The van der Waals surface area contributed by atoms with E-state index in [2.05, 4.69) is 25.3 Å². The molecule has 96 valence electrons. The number of nitrogens with one attached hydrogen (secondary N) is 2. The number of benzene rings is 1. The minimum absolute atomic E-state index is 0.456. The van der Waals surface area contributed by atoms with Gasteiger partial charge in [-0.15, -0.1) is 0 Å². The Morgan fingerprint density at radius 3 is 2.95 bits per heavy atom. The smallest absolute Gasteiger partial charge is 0.250 e. The van der Waals surface area contributed by atoms with Gasteiger partial charge in [-0.25, -0.2) is 4.98 Å². The van der Waals surface area contributed by atoms with Crippen LogP contribution in [0, 0.1) is 6.92 Å². The SMILES string of the molecule is CNc1nc(Oc2cccc(C)c2)c2[nH]cnc2n1. The molecule has 2 N–H and O–H groups in total. The first-order chi connectivity index (χ1) is 9.26. The maximum Gasteiger partial charge on any atom is 0.250 e. The first kappa shape index (κ1) is 11.5. The molecule has 6 nitrogen and oxygen atoms in total. The highest BCUT2D eigenvalue weighted by Gasteiger charge is 2.11. The Labute approximate surface area is 109 Å². The molecule has 0 saturated carbocycles. The van der Waals surface area contributed by atoms with Crippen LogP contribution in [0.1, 0.15) is 5.56 Å². The van der Waals surface area contributed by atoms with Crippen molar-refractivity contribution in [1.29, 1.82) is 0 Å². The first-order valence-corrected chi connectivity index (χ1v) is 5.89. The fourth-order valence-corrected chi connectivity index (χ4v) is 1.78. The summed E-state index contributed by atoms with van der Waals surface area (Å²) in [6, 6.07) is 7.78. The third kappa shape index (κ3) is 2.20. The number of fused-ring (bicyclic) bond motifs is 1. The summed E-state index contributed by atoms with van der Waals surface area (Å²) >= 11 is 0. The van der Waals surface area contributed by atoms with E-state index in [1.165, 1.54) is 0 Å². The predicted octanol–water partition coefficient (Wildman–Crippen LogP) is 2.50. The molecule has 0 aliphatic carbocycles. The molecule has 0 atom stereocenters. The number of hydrogen-bond acceptors (Lipinski definition) is 5. The third-order valence-corrected chi connectivity index (χ3v) is 2.68. The lowest BCUT2D eigenvalue weighted by atomic mass is 10.2. The second-order valence-electron chi connectivity index (χ2n) is 4.12. The molecule has 3 aromatic rings. The quantitative estimate of drug-likeness (QED) is 0.752. The van der Waals surface area contributed by atoms with Crippen molar-refractivity contribution >= 4 is 17.1 Å². The second kappa shape index (κ2) is 4.56. The van der Waals surface area contributed by atoms with Gasteiger partial charge in [0.05, 0.1) is 6.33 Å². The van der Waals surface area contributed by atoms with Crippen LogP contribution < -0.4 is 10.1 Å². The Morgan fingerprint density at radius 2 is 2.16 bits per heavy atom. The lowest BCUT2D eigenvalue weighted by Gasteiger charge is -2.07. The number of hydrogen-bond donors (Lipinski definition) is 2. The number of anilines is 1. The van der Waals surface area contributed by atoms with E-state index >= 15 is 0 Å². The van der Waals surface area contributed by atoms with Crippen LogP contribution in [0.5, 0.6) is 11.6 Å². The number of nitrogens with zero attached hydrogens (tertiary/aromatic N) is 3. The fourth-order valence-electron chi connectivity index (χ4n) is 1.78. The minimum atomic E-state index is 0.456. The van der Waals surface area contributed by atoms with Crippen molar-refractivity contribution in [1.82, 2.24) is 19.9 Å². The molecule has 0 aliphatic rings. The Hall–Kier alpha value is -2.63. The molecule has 2 aromatic heterocycles. The van der Waals surface area contributed by atoms with Crippen LogP contribution in [0.25, 0.3) is 11.2 Å². The van der Waals surface area contributed by atoms with Crippen LogP contribution in [-0.2, 0) is 0 Å². The number of aromatic amines is 1. The standard InChI is InChI=1S/C13H13N5O/c1-8-4-3-5-9(6-8)19-12-10-11(16-7-15-10)17-13(14-2)18-12/h3-7H,1-2H3,(H2,14,15,16,17,18). The number of imidazole rings is 1. The maximum absolute atomic E-state index is 5.81. The molecule has 6 heteroatoms. The molecular weight excluding hydrogens is 242 g/mol. The molecule has 0 saturated heterocycles. The van der Waals surface area contributed by atoms with Crippen molar-refractivity contribution in [3.63, 3.8) is 0 Å². The van der Waals surface area contributed by atoms with Gasteiger partial charge >= 0.3 is 0 Å². The van der Waals surface area contributed by atoms with Gasteiger partial charge in [0.15, 0.2) is 5.65 Å². The Kier molecular flexibility index (Phi) is 2.75. The van der Waals surface area contributed by atoms with E-state index in [1.54, 1.807) is 13.4 Å². The van der Waals surface area contributed by atoms with Crippen LogP contribution in [0.4, 0.5) is 5.95 Å². The van der Waals surface area contributed by atoms with Gasteiger partial charge in [-0.3, -0.25) is 0 Å². The summed E-state index contributed by atoms with van der Waals surface area (Å²) in [5, 5.41) is 2.89. The monoisotopic (exact) mass is 255 g/mol. The average molecular weight is 255 g/mol. The zero-order chi connectivity index (χ0) is 13.2. The number of aromatic nitrogens is 4. The summed E-state index contributed by atoms with van der Waals surface area (Å²) in [5.41, 5.74) is 2.38. The topological polar surface area (TPSA) is 75.7 Å². The zero-order valence-corrected chi connectivity index (χ0v) is 10.6. The van der Waals surface area contributed by atoms with E-state index in [1.807, 2.05) is 31.2 Å². The fraction of sp³-hybridized carbons (Fsp3) is 0.154. The lowest BCUT2D eigenvalue weighted by molar-refractivity contribution is 0.467. The normalized spacial score (nSPS) is 10.6. The molecule has 0 radical (unpaired) electrons. The van der Waals surface area contributed by atoms with Crippen LogP contribution in [0.3, 0.4) is 0 Å². The van der Waals surface area contributed by atoms with Crippen molar-refractivity contribution in [2.24, 2.45) is 0 Å². The van der Waals surface area contributed by atoms with Gasteiger partial charge < -0.3 is 15.0 Å². The van der Waals surface area contributed by atoms with E-state index in [4.69, 9.17) is 4.74 Å². The highest BCUT2D eigenvalue weighted by molar-refractivity contribution is 5.77. The van der Waals surface area contributed by atoms with Gasteiger partial charge in [-0.05, 0) is 24.6 Å². The van der Waals surface area contributed by atoms with E-state index in [0.717, 1.165) is 11.3 Å². The average Bonchev–Trinajstić information content (AvgIpc) is 2.87. The number of H-pyrrole nitrogens is 1. The molecule has 0 aliphatic heterocycles. The van der Waals surface area contributed by atoms with Crippen molar-refractivity contribution < 1.29 is 4.74 Å². The largest absolute Gasteiger partial charge is 0.437 e. The van der Waals surface area contributed by atoms with Crippen LogP contribution in [-0.4, -0.2) is 27.0 Å². The van der Waals surface area contributed by atoms with Gasteiger partial charge in [0.2, 0.25) is 5.95 Å². The van der Waals surface area contributed by atoms with Crippen molar-refractivity contribution in [3.8, 4) is 11.6 Å². The summed E-state index contributed by atoms with van der Waals surface area (Å²) in [4.78, 5) is 15.6. The Morgan fingerprint density at radius 1 is 1.26 bits per heavy atom. The highest BCUT2D eigenvalue weighted by Crippen LogP contribution is 2.26. The maximum atomic E-state index is 5.81. The molecule has 1 aromatic carbocycles. The molecule has 0 amide bonds. The Balaban J connectivity index is 2.06. The molecule has 0 fully saturated rings. The van der Waals surface area contributed by atoms with Gasteiger partial charge in [0, 0.05) is 7.05 Å². The third-order valence-electron chi connectivity index (χ3n) is 2.68. The summed E-state index contributed by atoms with van der Waals surface area (Å²) in [6.07, 6.45) is 1.57. The van der Waals surface area contributed by atoms with E-state index in [0.29, 0.717) is 23.0 Å². The molecule has 0 unspecified atom stereocenters. The first-order valence-electron chi connectivity index (χ1n) is 5.89. The Bertz CT molecular complexity index is 722. The van der Waals surface area contributed by atoms with E-state index in [9.17, 15) is 0 Å². The predicted molar refractivity (Wildman–Crippen MR) is 72.5 cm³/mol. The van der Waals surface area contributed by atoms with Crippen LogP contribution in [0.2, 0.25) is 0 Å². The second-order valence-corrected chi connectivity index (χ2v) is 4.12. The zero-order valence-electron chi connectivity index (χ0n) is 10.6. The number of rotatable bonds is 3. The van der Waals surface area contributed by atoms with Crippen molar-refractivity contribution in [2.75, 3.05) is 12.4 Å². The molecule has 0 bridgehead atoms. The lowest BCUT2D eigenvalue weighted by Crippen LogP contribution is -1.99. The van der Waals surface area contributed by atoms with Gasteiger partial charge in [-0.2, -0.15) is 9.97 Å². The van der Waals surface area contributed by atoms with Gasteiger partial charge in [0.25, 0.3) is 5.88 Å². The van der Waals surface area contributed by atoms with Gasteiger partial charge in [0.1, 0.15) is 11.3 Å². The summed E-state index contributed by atoms with van der Waals surface area (Å²) < 4.78 is 5.81. The minimum Gasteiger partial charge on any atom is -0.437 e. The van der Waals surface area contributed by atoms with Crippen molar-refractivity contribution in [3.05, 3.63) is 36.2 Å². The van der Waals surface area contributed by atoms with Crippen molar-refractivity contribution in [2.45, 2.75) is 6.92 Å². The molecule has 2 heterocycles. The van der Waals surface area contributed by atoms with E-state index in [-0.39, 0.29) is 0 Å². The van der Waals surface area contributed by atoms with Crippen LogP contribution in [0.15, 0.2) is 30.6 Å². The van der Waals surface area contributed by atoms with Crippen LogP contribution >= 0.6 is 0 Å². The number of ether oxygens (including phenoxy) is 1. The summed E-state index contributed by atoms with van der Waals surface area (Å²) in [7, 11) is 1.75. The molecular formula is C13H13N5O. The number of aryl methyl sites for hydroxylation is 1.